The van der Waals surface area contributed by atoms with Crippen LogP contribution in [0.5, 0.6) is 0 Å². The topological polar surface area (TPSA) is 23.5 Å². The summed E-state index contributed by atoms with van der Waals surface area (Å²) in [5.41, 5.74) is -0.414. The van der Waals surface area contributed by atoms with E-state index in [9.17, 15) is 5.11 Å². The van der Waals surface area contributed by atoms with Gasteiger partial charge in [0.25, 0.3) is 0 Å². The van der Waals surface area contributed by atoms with E-state index < -0.39 is 5.60 Å². The Morgan fingerprint density at radius 2 is 2.23 bits per heavy atom. The van der Waals surface area contributed by atoms with Crippen molar-refractivity contribution in [1.29, 1.82) is 0 Å². The number of rotatable bonds is 3. The number of likely N-dealkylation sites (tertiary alicyclic amines) is 1. The maximum Gasteiger partial charge on any atom is 0.0799 e. The number of hydrogen-bond acceptors (Lipinski definition) is 2. The fraction of sp³-hybridized carbons (Fsp3) is 1.00. The molecular weight excluding hydrogens is 162 g/mol. The van der Waals surface area contributed by atoms with Gasteiger partial charge in [-0.25, -0.2) is 0 Å². The first-order valence-corrected chi connectivity index (χ1v) is 5.49. The highest BCUT2D eigenvalue weighted by Crippen LogP contribution is 2.30. The first-order valence-electron chi connectivity index (χ1n) is 5.49. The third kappa shape index (κ3) is 2.68. The van der Waals surface area contributed by atoms with Crippen molar-refractivity contribution in [3.05, 3.63) is 0 Å². The fourth-order valence-corrected chi connectivity index (χ4v) is 2.38. The third-order valence-corrected chi connectivity index (χ3v) is 3.33. The summed E-state index contributed by atoms with van der Waals surface area (Å²) >= 11 is 0. The first-order chi connectivity index (χ1) is 6.08. The smallest absolute Gasteiger partial charge is 0.0799 e. The van der Waals surface area contributed by atoms with E-state index in [-0.39, 0.29) is 0 Å². The molecule has 13 heavy (non-hydrogen) atoms. The fourth-order valence-electron chi connectivity index (χ4n) is 2.38. The van der Waals surface area contributed by atoms with Gasteiger partial charge in [0.15, 0.2) is 0 Å². The van der Waals surface area contributed by atoms with Crippen molar-refractivity contribution in [2.24, 2.45) is 5.92 Å². The van der Waals surface area contributed by atoms with E-state index in [1.807, 2.05) is 0 Å². The maximum atomic E-state index is 10.4. The number of aliphatic hydroxyl groups is 1. The summed E-state index contributed by atoms with van der Waals surface area (Å²) in [6.45, 7) is 6.37. The van der Waals surface area contributed by atoms with E-state index >= 15 is 0 Å². The van der Waals surface area contributed by atoms with Crippen LogP contribution in [-0.2, 0) is 0 Å². The van der Waals surface area contributed by atoms with Gasteiger partial charge in [-0.1, -0.05) is 20.3 Å². The Kier molecular flexibility index (Phi) is 3.74. The highest BCUT2D eigenvalue weighted by atomic mass is 16.3. The summed E-state index contributed by atoms with van der Waals surface area (Å²) in [4.78, 5) is 2.25. The van der Waals surface area contributed by atoms with Gasteiger partial charge in [0.1, 0.15) is 0 Å². The molecule has 1 N–H and O–H groups in total. The van der Waals surface area contributed by atoms with Crippen LogP contribution in [0.25, 0.3) is 0 Å². The molecule has 0 aromatic rings. The van der Waals surface area contributed by atoms with Gasteiger partial charge < -0.3 is 10.0 Å². The van der Waals surface area contributed by atoms with Crippen molar-refractivity contribution < 1.29 is 5.11 Å². The highest BCUT2D eigenvalue weighted by Gasteiger charge is 2.36. The predicted octanol–water partition coefficient (Wildman–Crippen LogP) is 1.88. The summed E-state index contributed by atoms with van der Waals surface area (Å²) in [6.07, 6.45) is 4.44. The molecule has 2 nitrogen and oxygen atoms in total. The van der Waals surface area contributed by atoms with Gasteiger partial charge in [-0.05, 0) is 38.8 Å². The molecule has 1 rings (SSSR count). The monoisotopic (exact) mass is 185 g/mol. The Morgan fingerprint density at radius 3 is 2.77 bits per heavy atom. The second-order valence-electron chi connectivity index (χ2n) is 4.63. The van der Waals surface area contributed by atoms with Crippen molar-refractivity contribution in [3.8, 4) is 0 Å². The highest BCUT2D eigenvalue weighted by molar-refractivity contribution is 4.89. The zero-order chi connectivity index (χ0) is 9.90. The van der Waals surface area contributed by atoms with E-state index in [1.54, 1.807) is 0 Å². The van der Waals surface area contributed by atoms with Crippen LogP contribution in [0, 0.1) is 5.92 Å². The molecule has 2 heteroatoms. The van der Waals surface area contributed by atoms with E-state index in [4.69, 9.17) is 0 Å². The first kappa shape index (κ1) is 11.0. The Bertz CT molecular complexity index is 160. The van der Waals surface area contributed by atoms with Gasteiger partial charge >= 0.3 is 0 Å². The third-order valence-electron chi connectivity index (χ3n) is 3.33. The van der Waals surface area contributed by atoms with Crippen molar-refractivity contribution in [2.45, 2.75) is 45.1 Å². The quantitative estimate of drug-likeness (QED) is 0.725. The van der Waals surface area contributed by atoms with Gasteiger partial charge in [0, 0.05) is 6.54 Å². The summed E-state index contributed by atoms with van der Waals surface area (Å²) in [5, 5.41) is 10.4. The molecule has 1 aliphatic rings. The van der Waals surface area contributed by atoms with Gasteiger partial charge in [0.05, 0.1) is 5.60 Å². The normalized spacial score (nSPS) is 33.2. The molecule has 1 fully saturated rings. The van der Waals surface area contributed by atoms with E-state index in [1.165, 1.54) is 6.42 Å². The Hall–Kier alpha value is -0.0800. The molecule has 0 aromatic heterocycles. The zero-order valence-corrected chi connectivity index (χ0v) is 9.21. The lowest BCUT2D eigenvalue weighted by atomic mass is 9.80. The standard InChI is InChI=1S/C11H23NO/c1-4-6-10(2)11(13)7-5-8-12(3)9-11/h10,13H,4-9H2,1-3H3. The largest absolute Gasteiger partial charge is 0.388 e. The number of nitrogens with zero attached hydrogens (tertiary/aromatic N) is 1. The lowest BCUT2D eigenvalue weighted by molar-refractivity contribution is -0.0660. The van der Waals surface area contributed by atoms with E-state index in [0.29, 0.717) is 5.92 Å². The molecule has 78 valence electrons. The van der Waals surface area contributed by atoms with Crippen molar-refractivity contribution >= 4 is 0 Å². The number of hydrogen-bond donors (Lipinski definition) is 1. The van der Waals surface area contributed by atoms with Crippen LogP contribution in [0.3, 0.4) is 0 Å². The second kappa shape index (κ2) is 4.43. The average Bonchev–Trinajstić information content (AvgIpc) is 2.04. The molecule has 0 saturated carbocycles. The van der Waals surface area contributed by atoms with Crippen molar-refractivity contribution in [1.82, 2.24) is 4.90 Å². The summed E-state index contributed by atoms with van der Waals surface area (Å²) in [5.74, 6) is 0.445. The van der Waals surface area contributed by atoms with Gasteiger partial charge in [-0.15, -0.1) is 0 Å². The molecule has 0 spiro atoms. The molecule has 0 amide bonds. The molecule has 2 atom stereocenters. The number of piperidine rings is 1. The molecule has 0 bridgehead atoms. The van der Waals surface area contributed by atoms with Crippen LogP contribution in [0.4, 0.5) is 0 Å². The lowest BCUT2D eigenvalue weighted by Gasteiger charge is -2.41. The van der Waals surface area contributed by atoms with Crippen LogP contribution in [-0.4, -0.2) is 35.7 Å². The predicted molar refractivity (Wildman–Crippen MR) is 55.8 cm³/mol. The molecule has 1 heterocycles. The van der Waals surface area contributed by atoms with E-state index in [0.717, 1.165) is 32.4 Å². The van der Waals surface area contributed by atoms with Gasteiger partial charge in [-0.3, -0.25) is 0 Å². The molecular formula is C11H23NO. The summed E-state index contributed by atoms with van der Waals surface area (Å²) in [7, 11) is 2.10. The maximum absolute atomic E-state index is 10.4. The number of β-amino-alcohol motifs (C(OH)–C–C–N with tert-alkyl or cyclic N) is 1. The van der Waals surface area contributed by atoms with Crippen LogP contribution in [0.15, 0.2) is 0 Å². The molecule has 0 aliphatic carbocycles. The van der Waals surface area contributed by atoms with E-state index in [2.05, 4.69) is 25.8 Å². The number of likely N-dealkylation sites (N-methyl/N-ethyl adjacent to an activating group) is 1. The van der Waals surface area contributed by atoms with Crippen molar-refractivity contribution in [2.75, 3.05) is 20.1 Å². The Balaban J connectivity index is 2.52. The summed E-state index contributed by atoms with van der Waals surface area (Å²) in [6, 6.07) is 0. The lowest BCUT2D eigenvalue weighted by Crippen LogP contribution is -2.50. The molecule has 1 saturated heterocycles. The Labute approximate surface area is 81.9 Å². The molecule has 0 aromatic carbocycles. The van der Waals surface area contributed by atoms with Crippen LogP contribution in [0.2, 0.25) is 0 Å². The minimum atomic E-state index is -0.414. The Morgan fingerprint density at radius 1 is 1.54 bits per heavy atom. The molecule has 0 radical (unpaired) electrons. The van der Waals surface area contributed by atoms with Crippen LogP contribution in [0.1, 0.15) is 39.5 Å². The van der Waals surface area contributed by atoms with Gasteiger partial charge in [-0.2, -0.15) is 0 Å². The van der Waals surface area contributed by atoms with Gasteiger partial charge in [0.2, 0.25) is 0 Å². The average molecular weight is 185 g/mol. The zero-order valence-electron chi connectivity index (χ0n) is 9.21. The minimum Gasteiger partial charge on any atom is -0.388 e. The molecule has 2 unspecified atom stereocenters. The van der Waals surface area contributed by atoms with Crippen LogP contribution < -0.4 is 0 Å². The SMILES string of the molecule is CCCC(C)C1(O)CCCN(C)C1. The second-order valence-corrected chi connectivity index (χ2v) is 4.63. The summed E-state index contributed by atoms with van der Waals surface area (Å²) < 4.78 is 0. The van der Waals surface area contributed by atoms with Crippen molar-refractivity contribution in [3.63, 3.8) is 0 Å². The minimum absolute atomic E-state index is 0.414. The van der Waals surface area contributed by atoms with Crippen LogP contribution >= 0.6 is 0 Å². The molecule has 1 aliphatic heterocycles.